The molecule has 1 aliphatic rings. The van der Waals surface area contributed by atoms with E-state index in [9.17, 15) is 9.59 Å². The van der Waals surface area contributed by atoms with Gasteiger partial charge in [0.1, 0.15) is 0 Å². The van der Waals surface area contributed by atoms with Gasteiger partial charge < -0.3 is 0 Å². The number of rotatable bonds is 5. The van der Waals surface area contributed by atoms with Crippen LogP contribution < -0.4 is 5.32 Å². The molecule has 1 atom stereocenters. The molecule has 0 heterocycles. The first-order chi connectivity index (χ1) is 9.24. The summed E-state index contributed by atoms with van der Waals surface area (Å²) >= 11 is 0.421. The number of benzene rings is 1. The molecule has 1 unspecified atom stereocenters. The summed E-state index contributed by atoms with van der Waals surface area (Å²) in [4.78, 5) is 23.7. The average molecular weight is 324 g/mol. The monoisotopic (exact) mass is 325 g/mol. The third-order valence-electron chi connectivity index (χ3n) is 3.18. The van der Waals surface area contributed by atoms with E-state index in [1.165, 1.54) is 6.42 Å². The Hall–Kier alpha value is -1.12. The van der Waals surface area contributed by atoms with Gasteiger partial charge in [-0.25, -0.2) is 0 Å². The maximum atomic E-state index is 11.8. The zero-order valence-electron chi connectivity index (χ0n) is 10.9. The van der Waals surface area contributed by atoms with Gasteiger partial charge in [-0.3, -0.25) is 0 Å². The van der Waals surface area contributed by atoms with E-state index in [4.69, 9.17) is 0 Å². The number of hydrogen-bond donors (Lipinski definition) is 1. The third-order valence-corrected chi connectivity index (χ3v) is 5.93. The third kappa shape index (κ3) is 5.17. The molecule has 3 nitrogen and oxygen atoms in total. The Balaban J connectivity index is 1.65. The second kappa shape index (κ2) is 7.46. The Labute approximate surface area is 120 Å². The van der Waals surface area contributed by atoms with Crippen LogP contribution in [0.15, 0.2) is 30.3 Å². The number of carbonyl (C=O) groups is 2. The number of carbonyl (C=O) groups excluding carboxylic acids is 2. The van der Waals surface area contributed by atoms with Crippen molar-refractivity contribution in [3.8, 4) is 0 Å². The van der Waals surface area contributed by atoms with Gasteiger partial charge in [0.2, 0.25) is 0 Å². The molecule has 1 aliphatic carbocycles. The Bertz CT molecular complexity index is 433. The Morgan fingerprint density at radius 3 is 2.84 bits per heavy atom. The summed E-state index contributed by atoms with van der Waals surface area (Å²) in [6.07, 6.45) is 4.30. The van der Waals surface area contributed by atoms with Gasteiger partial charge in [0.15, 0.2) is 0 Å². The van der Waals surface area contributed by atoms with Crippen LogP contribution >= 0.6 is 0 Å². The summed E-state index contributed by atoms with van der Waals surface area (Å²) in [5.41, 5.74) is 0.854. The van der Waals surface area contributed by atoms with Gasteiger partial charge in [0.25, 0.3) is 0 Å². The fourth-order valence-electron chi connectivity index (χ4n) is 2.19. The molecule has 0 saturated heterocycles. The molecule has 2 rings (SSSR count). The fraction of sp³-hybridized carbons (Fsp3) is 0.467. The molecule has 1 N–H and O–H groups in total. The van der Waals surface area contributed by atoms with E-state index in [1.54, 1.807) is 0 Å². The van der Waals surface area contributed by atoms with Crippen LogP contribution in [0.1, 0.15) is 32.1 Å². The molecule has 1 fully saturated rings. The molecule has 1 saturated carbocycles. The summed E-state index contributed by atoms with van der Waals surface area (Å²) < 4.78 is 0. The number of nitrogens with one attached hydrogen (secondary N) is 1. The Kier molecular flexibility index (Phi) is 5.61. The number of ketones is 1. The van der Waals surface area contributed by atoms with Crippen molar-refractivity contribution >= 4 is 32.3 Å². The van der Waals surface area contributed by atoms with Crippen LogP contribution in [0.2, 0.25) is 10.1 Å². The van der Waals surface area contributed by atoms with Gasteiger partial charge >= 0.3 is 120 Å². The molecule has 0 spiro atoms. The van der Waals surface area contributed by atoms with Crippen molar-refractivity contribution in [2.45, 2.75) is 42.2 Å². The molecule has 19 heavy (non-hydrogen) atoms. The number of anilines is 1. The molecule has 1 aromatic rings. The van der Waals surface area contributed by atoms with Gasteiger partial charge in [0, 0.05) is 0 Å². The molecule has 0 aromatic heterocycles. The first kappa shape index (κ1) is 14.3. The molecule has 1 aromatic carbocycles. The van der Waals surface area contributed by atoms with E-state index in [1.807, 2.05) is 30.3 Å². The number of hydrogen-bond acceptors (Lipinski definition) is 2. The minimum atomic E-state index is 0.0789. The molecule has 0 radical (unpaired) electrons. The number of para-hydroxylation sites is 1. The molecule has 4 heteroatoms. The van der Waals surface area contributed by atoms with Crippen molar-refractivity contribution in [3.63, 3.8) is 0 Å². The van der Waals surface area contributed by atoms with Gasteiger partial charge in [-0.2, -0.15) is 0 Å². The molecular formula is C15H19NO2Se. The van der Waals surface area contributed by atoms with Crippen LogP contribution in [-0.4, -0.2) is 26.6 Å². The molecular weight excluding hydrogens is 305 g/mol. The van der Waals surface area contributed by atoms with Crippen LogP contribution in [0.5, 0.6) is 0 Å². The predicted octanol–water partition coefficient (Wildman–Crippen LogP) is 3.07. The first-order valence-corrected chi connectivity index (χ1v) is 8.92. The predicted molar refractivity (Wildman–Crippen MR) is 77.5 cm³/mol. The van der Waals surface area contributed by atoms with E-state index in [-0.39, 0.29) is 5.91 Å². The molecule has 0 bridgehead atoms. The topological polar surface area (TPSA) is 46.2 Å². The van der Waals surface area contributed by atoms with Crippen LogP contribution in [-0.2, 0) is 9.59 Å². The van der Waals surface area contributed by atoms with Gasteiger partial charge in [0.05, 0.1) is 0 Å². The van der Waals surface area contributed by atoms with E-state index >= 15 is 0 Å². The van der Waals surface area contributed by atoms with Crippen LogP contribution in [0.25, 0.3) is 0 Å². The standard InChI is InChI=1S/C15H19NO2Se/c17-13-7-4-8-14(11-13)19-10-9-15(18)16-12-5-2-1-3-6-12/h1-3,5-6,14H,4,7-11H2,(H,16,18). The van der Waals surface area contributed by atoms with Crippen molar-refractivity contribution < 1.29 is 9.59 Å². The van der Waals surface area contributed by atoms with E-state index in [0.717, 1.165) is 30.3 Å². The van der Waals surface area contributed by atoms with Crippen molar-refractivity contribution in [2.75, 3.05) is 5.32 Å². The average Bonchev–Trinajstić information content (AvgIpc) is 2.40. The maximum absolute atomic E-state index is 11.8. The Morgan fingerprint density at radius 2 is 2.11 bits per heavy atom. The van der Waals surface area contributed by atoms with Crippen molar-refractivity contribution in [3.05, 3.63) is 30.3 Å². The van der Waals surface area contributed by atoms with Crippen molar-refractivity contribution in [1.29, 1.82) is 0 Å². The van der Waals surface area contributed by atoms with Crippen molar-refractivity contribution in [1.82, 2.24) is 0 Å². The zero-order chi connectivity index (χ0) is 13.5. The van der Waals surface area contributed by atoms with Crippen LogP contribution in [0.3, 0.4) is 0 Å². The van der Waals surface area contributed by atoms with E-state index < -0.39 is 0 Å². The second-order valence-electron chi connectivity index (χ2n) is 4.79. The molecule has 1 amide bonds. The normalized spacial score (nSPS) is 19.2. The first-order valence-electron chi connectivity index (χ1n) is 6.72. The summed E-state index contributed by atoms with van der Waals surface area (Å²) in [6.45, 7) is 0. The quantitative estimate of drug-likeness (QED) is 0.846. The van der Waals surface area contributed by atoms with E-state index in [0.29, 0.717) is 32.0 Å². The molecule has 0 aliphatic heterocycles. The number of Topliss-reactive ketones (excluding diaryl/α,β-unsaturated/α-hetero) is 1. The van der Waals surface area contributed by atoms with Crippen LogP contribution in [0.4, 0.5) is 5.69 Å². The summed E-state index contributed by atoms with van der Waals surface area (Å²) in [5.74, 6) is 0.488. The second-order valence-corrected chi connectivity index (χ2v) is 7.75. The minimum absolute atomic E-state index is 0.0789. The Morgan fingerprint density at radius 1 is 1.32 bits per heavy atom. The van der Waals surface area contributed by atoms with E-state index in [2.05, 4.69) is 5.32 Å². The zero-order valence-corrected chi connectivity index (χ0v) is 12.6. The number of amides is 1. The summed E-state index contributed by atoms with van der Waals surface area (Å²) in [6, 6.07) is 9.53. The van der Waals surface area contributed by atoms with Gasteiger partial charge in [-0.05, 0) is 0 Å². The fourth-order valence-corrected chi connectivity index (χ4v) is 4.86. The molecule has 102 valence electrons. The van der Waals surface area contributed by atoms with Gasteiger partial charge in [-0.15, -0.1) is 0 Å². The SMILES string of the molecule is O=C1CCCC([Se]CCC(=O)Nc2ccccc2)C1. The van der Waals surface area contributed by atoms with Crippen LogP contribution in [0, 0.1) is 0 Å². The summed E-state index contributed by atoms with van der Waals surface area (Å²) in [5, 5.41) is 3.83. The summed E-state index contributed by atoms with van der Waals surface area (Å²) in [7, 11) is 0. The van der Waals surface area contributed by atoms with Crippen molar-refractivity contribution in [2.24, 2.45) is 0 Å². The van der Waals surface area contributed by atoms with Gasteiger partial charge in [-0.1, -0.05) is 0 Å².